The van der Waals surface area contributed by atoms with Gasteiger partial charge in [-0.25, -0.2) is 4.98 Å². The number of benzene rings is 1. The minimum atomic E-state index is -0.218. The van der Waals surface area contributed by atoms with E-state index in [2.05, 4.69) is 52.8 Å². The summed E-state index contributed by atoms with van der Waals surface area (Å²) in [5.41, 5.74) is 2.21. The SMILES string of the molecule is Cc1ccc(C(C)C)c(OCC(=O)Nc2ccc(I)cn2)c1. The van der Waals surface area contributed by atoms with Crippen molar-refractivity contribution in [3.8, 4) is 5.75 Å². The van der Waals surface area contributed by atoms with Crippen molar-refractivity contribution < 1.29 is 9.53 Å². The second-order valence-electron chi connectivity index (χ2n) is 5.39. The van der Waals surface area contributed by atoms with Crippen molar-refractivity contribution in [2.24, 2.45) is 0 Å². The molecule has 1 amide bonds. The molecule has 116 valence electrons. The highest BCUT2D eigenvalue weighted by atomic mass is 127. The van der Waals surface area contributed by atoms with E-state index < -0.39 is 0 Å². The lowest BCUT2D eigenvalue weighted by molar-refractivity contribution is -0.118. The predicted molar refractivity (Wildman–Crippen MR) is 96.3 cm³/mol. The molecule has 2 aromatic rings. The standard InChI is InChI=1S/C17H19IN2O2/c1-11(2)14-6-4-12(3)8-15(14)22-10-17(21)20-16-7-5-13(18)9-19-16/h4-9,11H,10H2,1-3H3,(H,19,20,21). The number of rotatable bonds is 5. The molecular weight excluding hydrogens is 391 g/mol. The maximum absolute atomic E-state index is 12.0. The molecule has 1 aromatic heterocycles. The van der Waals surface area contributed by atoms with Crippen LogP contribution in [0.25, 0.3) is 0 Å². The Morgan fingerprint density at radius 3 is 2.73 bits per heavy atom. The first kappa shape index (κ1) is 16.7. The molecule has 0 saturated heterocycles. The first-order valence-electron chi connectivity index (χ1n) is 7.10. The Morgan fingerprint density at radius 2 is 2.09 bits per heavy atom. The zero-order chi connectivity index (χ0) is 16.1. The summed E-state index contributed by atoms with van der Waals surface area (Å²) in [5, 5.41) is 2.72. The number of carbonyl (C=O) groups excluding carboxylic acids is 1. The van der Waals surface area contributed by atoms with Gasteiger partial charge in [0, 0.05) is 9.77 Å². The van der Waals surface area contributed by atoms with Crippen LogP contribution >= 0.6 is 22.6 Å². The number of halogens is 1. The van der Waals surface area contributed by atoms with Gasteiger partial charge in [0.05, 0.1) is 0 Å². The second-order valence-corrected chi connectivity index (χ2v) is 6.64. The monoisotopic (exact) mass is 410 g/mol. The number of pyridine rings is 1. The summed E-state index contributed by atoms with van der Waals surface area (Å²) < 4.78 is 6.72. The number of amides is 1. The van der Waals surface area contributed by atoms with Gasteiger partial charge in [-0.15, -0.1) is 0 Å². The van der Waals surface area contributed by atoms with Crippen LogP contribution in [-0.4, -0.2) is 17.5 Å². The fraction of sp³-hybridized carbons (Fsp3) is 0.294. The highest BCUT2D eigenvalue weighted by Gasteiger charge is 2.10. The summed E-state index contributed by atoms with van der Waals surface area (Å²) >= 11 is 2.17. The molecule has 22 heavy (non-hydrogen) atoms. The third-order valence-corrected chi connectivity index (χ3v) is 3.78. The normalized spacial score (nSPS) is 10.6. The number of nitrogens with zero attached hydrogens (tertiary/aromatic N) is 1. The van der Waals surface area contributed by atoms with Crippen molar-refractivity contribution in [1.82, 2.24) is 4.98 Å². The van der Waals surface area contributed by atoms with Gasteiger partial charge in [-0.3, -0.25) is 4.79 Å². The van der Waals surface area contributed by atoms with Crippen LogP contribution < -0.4 is 10.1 Å². The van der Waals surface area contributed by atoms with Crippen molar-refractivity contribution in [3.63, 3.8) is 0 Å². The molecule has 0 aliphatic rings. The summed E-state index contributed by atoms with van der Waals surface area (Å²) in [6, 6.07) is 9.73. The molecule has 0 atom stereocenters. The smallest absolute Gasteiger partial charge is 0.263 e. The lowest BCUT2D eigenvalue weighted by Gasteiger charge is -2.14. The van der Waals surface area contributed by atoms with Crippen LogP contribution in [0.2, 0.25) is 0 Å². The van der Waals surface area contributed by atoms with Crippen LogP contribution in [0.3, 0.4) is 0 Å². The molecule has 0 radical (unpaired) electrons. The van der Waals surface area contributed by atoms with Gasteiger partial charge in [-0.05, 0) is 64.8 Å². The molecule has 4 nitrogen and oxygen atoms in total. The summed E-state index contributed by atoms with van der Waals surface area (Å²) in [7, 11) is 0. The zero-order valence-electron chi connectivity index (χ0n) is 12.9. The van der Waals surface area contributed by atoms with Crippen LogP contribution in [0.1, 0.15) is 30.9 Å². The van der Waals surface area contributed by atoms with Gasteiger partial charge in [0.2, 0.25) is 0 Å². The number of aryl methyl sites for hydroxylation is 1. The highest BCUT2D eigenvalue weighted by molar-refractivity contribution is 14.1. The average molecular weight is 410 g/mol. The molecule has 0 unspecified atom stereocenters. The Morgan fingerprint density at radius 1 is 1.32 bits per heavy atom. The Hall–Kier alpha value is -1.63. The quantitative estimate of drug-likeness (QED) is 0.755. The van der Waals surface area contributed by atoms with E-state index in [0.29, 0.717) is 11.7 Å². The second kappa shape index (κ2) is 7.58. The van der Waals surface area contributed by atoms with Crippen molar-refractivity contribution >= 4 is 34.3 Å². The van der Waals surface area contributed by atoms with Crippen LogP contribution in [0.4, 0.5) is 5.82 Å². The zero-order valence-corrected chi connectivity index (χ0v) is 15.0. The number of nitrogens with one attached hydrogen (secondary N) is 1. The molecule has 0 saturated carbocycles. The fourth-order valence-corrected chi connectivity index (χ4v) is 2.33. The summed E-state index contributed by atoms with van der Waals surface area (Å²) in [6.07, 6.45) is 1.70. The Bertz CT molecular complexity index is 654. The van der Waals surface area contributed by atoms with E-state index in [-0.39, 0.29) is 12.5 Å². The van der Waals surface area contributed by atoms with Gasteiger partial charge in [0.15, 0.2) is 6.61 Å². The highest BCUT2D eigenvalue weighted by Crippen LogP contribution is 2.27. The topological polar surface area (TPSA) is 51.2 Å². The van der Waals surface area contributed by atoms with Gasteiger partial charge in [-0.2, -0.15) is 0 Å². The van der Waals surface area contributed by atoms with E-state index in [4.69, 9.17) is 4.74 Å². The molecule has 1 heterocycles. The van der Waals surface area contributed by atoms with Crippen LogP contribution in [0.15, 0.2) is 36.5 Å². The van der Waals surface area contributed by atoms with Crippen LogP contribution in [-0.2, 0) is 4.79 Å². The van der Waals surface area contributed by atoms with E-state index in [1.807, 2.05) is 25.1 Å². The van der Waals surface area contributed by atoms with E-state index in [1.165, 1.54) is 0 Å². The molecule has 5 heteroatoms. The number of anilines is 1. The third-order valence-electron chi connectivity index (χ3n) is 3.14. The van der Waals surface area contributed by atoms with E-state index in [9.17, 15) is 4.79 Å². The van der Waals surface area contributed by atoms with E-state index in [1.54, 1.807) is 12.3 Å². The first-order valence-corrected chi connectivity index (χ1v) is 8.18. The molecule has 0 bridgehead atoms. The van der Waals surface area contributed by atoms with Gasteiger partial charge < -0.3 is 10.1 Å². The van der Waals surface area contributed by atoms with Gasteiger partial charge in [0.1, 0.15) is 11.6 Å². The maximum Gasteiger partial charge on any atom is 0.263 e. The summed E-state index contributed by atoms with van der Waals surface area (Å²) in [5.74, 6) is 1.42. The first-order chi connectivity index (χ1) is 10.5. The van der Waals surface area contributed by atoms with Crippen molar-refractivity contribution in [2.75, 3.05) is 11.9 Å². The molecule has 2 rings (SSSR count). The number of hydrogen-bond acceptors (Lipinski definition) is 3. The predicted octanol–water partition coefficient (Wildman–Crippen LogP) is 4.14. The molecule has 1 aromatic carbocycles. The maximum atomic E-state index is 12.0. The molecule has 0 aliphatic carbocycles. The minimum Gasteiger partial charge on any atom is -0.483 e. The number of aromatic nitrogens is 1. The van der Waals surface area contributed by atoms with Crippen molar-refractivity contribution in [3.05, 3.63) is 51.2 Å². The van der Waals surface area contributed by atoms with Crippen molar-refractivity contribution in [1.29, 1.82) is 0 Å². The average Bonchev–Trinajstić information content (AvgIpc) is 2.47. The molecule has 0 aliphatic heterocycles. The molecule has 0 spiro atoms. The van der Waals surface area contributed by atoms with Gasteiger partial charge in [0.25, 0.3) is 5.91 Å². The number of hydrogen-bond donors (Lipinski definition) is 1. The summed E-state index contributed by atoms with van der Waals surface area (Å²) in [6.45, 7) is 6.18. The lowest BCUT2D eigenvalue weighted by Crippen LogP contribution is -2.21. The fourth-order valence-electron chi connectivity index (χ4n) is 2.02. The Labute approximate surface area is 144 Å². The third kappa shape index (κ3) is 4.69. The van der Waals surface area contributed by atoms with Gasteiger partial charge >= 0.3 is 0 Å². The summed E-state index contributed by atoms with van der Waals surface area (Å²) in [4.78, 5) is 16.1. The Balaban J connectivity index is 1.99. The van der Waals surface area contributed by atoms with Crippen molar-refractivity contribution in [2.45, 2.75) is 26.7 Å². The van der Waals surface area contributed by atoms with Crippen LogP contribution in [0.5, 0.6) is 5.75 Å². The van der Waals surface area contributed by atoms with E-state index >= 15 is 0 Å². The Kier molecular flexibility index (Phi) is 5.76. The van der Waals surface area contributed by atoms with Crippen LogP contribution in [0, 0.1) is 10.5 Å². The molecule has 0 fully saturated rings. The largest absolute Gasteiger partial charge is 0.483 e. The minimum absolute atomic E-state index is 0.0309. The number of ether oxygens (including phenoxy) is 1. The lowest BCUT2D eigenvalue weighted by atomic mass is 10.0. The number of carbonyl (C=O) groups is 1. The van der Waals surface area contributed by atoms with E-state index in [0.717, 1.165) is 20.4 Å². The molecule has 1 N–H and O–H groups in total. The molecular formula is C17H19IN2O2. The van der Waals surface area contributed by atoms with Gasteiger partial charge in [-0.1, -0.05) is 26.0 Å².